The molecule has 1 aromatic carbocycles. The molecule has 0 bridgehead atoms. The number of likely N-dealkylation sites (N-methyl/N-ethyl adjacent to an activating group) is 1. The molecule has 2 rings (SSSR count). The van der Waals surface area contributed by atoms with Crippen LogP contribution in [-0.2, 0) is 6.42 Å². The Kier molecular flexibility index (Phi) is 4.10. The first-order valence-electron chi connectivity index (χ1n) is 5.82. The molecule has 98 valence electrons. The van der Waals surface area contributed by atoms with Crippen molar-refractivity contribution in [2.45, 2.75) is 25.3 Å². The summed E-state index contributed by atoms with van der Waals surface area (Å²) in [6.45, 7) is 0. The zero-order chi connectivity index (χ0) is 13.3. The quantitative estimate of drug-likeness (QED) is 0.667. The molecule has 0 amide bonds. The molecule has 0 aliphatic heterocycles. The Morgan fingerprint density at radius 2 is 2.06 bits per heavy atom. The fourth-order valence-electron chi connectivity index (χ4n) is 2.15. The zero-order valence-electron chi connectivity index (χ0n) is 9.95. The summed E-state index contributed by atoms with van der Waals surface area (Å²) in [5.41, 5.74) is 0.686. The fraction of sp³-hybridized carbons (Fsp3) is 0.500. The third kappa shape index (κ3) is 2.94. The molecule has 0 saturated heterocycles. The Hall–Kier alpha value is -0.840. The van der Waals surface area contributed by atoms with Crippen LogP contribution in [0.25, 0.3) is 0 Å². The standard InChI is InChI=1S/C12H14Cl2N2O2/c1-15-11(7-2-3-7)5-8-4-9(13)10(14)6-12(8)16(17)18/h4,6-7,11,15H,2-3,5H2,1H3. The molecule has 1 fully saturated rings. The third-order valence-corrected chi connectivity index (χ3v) is 4.04. The van der Waals surface area contributed by atoms with Crippen LogP contribution in [0.2, 0.25) is 10.0 Å². The summed E-state index contributed by atoms with van der Waals surface area (Å²) < 4.78 is 0. The van der Waals surface area contributed by atoms with Crippen LogP contribution in [-0.4, -0.2) is 18.0 Å². The molecule has 1 unspecified atom stereocenters. The summed E-state index contributed by atoms with van der Waals surface area (Å²) in [4.78, 5) is 10.6. The van der Waals surface area contributed by atoms with E-state index in [-0.39, 0.29) is 16.8 Å². The number of nitro benzene ring substituents is 1. The number of halogens is 2. The molecule has 0 spiro atoms. The first-order valence-corrected chi connectivity index (χ1v) is 6.58. The minimum atomic E-state index is -0.406. The summed E-state index contributed by atoms with van der Waals surface area (Å²) in [7, 11) is 1.88. The monoisotopic (exact) mass is 288 g/mol. The number of benzene rings is 1. The van der Waals surface area contributed by atoms with Gasteiger partial charge in [-0.1, -0.05) is 23.2 Å². The molecule has 1 atom stereocenters. The van der Waals surface area contributed by atoms with Crippen molar-refractivity contribution >= 4 is 28.9 Å². The number of nitrogens with zero attached hydrogens (tertiary/aromatic N) is 1. The van der Waals surface area contributed by atoms with Crippen molar-refractivity contribution in [3.05, 3.63) is 37.9 Å². The molecule has 1 N–H and O–H groups in total. The first-order chi connectivity index (χ1) is 8.52. The van der Waals surface area contributed by atoms with Gasteiger partial charge in [0, 0.05) is 17.7 Å². The number of nitrogens with one attached hydrogen (secondary N) is 1. The van der Waals surface area contributed by atoms with Crippen molar-refractivity contribution in [2.75, 3.05) is 7.05 Å². The molecule has 18 heavy (non-hydrogen) atoms. The van der Waals surface area contributed by atoms with E-state index >= 15 is 0 Å². The molecule has 4 nitrogen and oxygen atoms in total. The average Bonchev–Trinajstić information content (AvgIpc) is 3.13. The Labute approximate surface area is 115 Å². The smallest absolute Gasteiger partial charge is 0.274 e. The van der Waals surface area contributed by atoms with Gasteiger partial charge in [-0.05, 0) is 38.3 Å². The van der Waals surface area contributed by atoms with Gasteiger partial charge in [-0.15, -0.1) is 0 Å². The highest BCUT2D eigenvalue weighted by Gasteiger charge is 2.31. The Morgan fingerprint density at radius 3 is 2.56 bits per heavy atom. The minimum absolute atomic E-state index is 0.0466. The largest absolute Gasteiger partial charge is 0.316 e. The van der Waals surface area contributed by atoms with E-state index in [0.717, 1.165) is 0 Å². The maximum atomic E-state index is 11.0. The maximum absolute atomic E-state index is 11.0. The van der Waals surface area contributed by atoms with Crippen LogP contribution in [0.1, 0.15) is 18.4 Å². The molecular formula is C12H14Cl2N2O2. The molecule has 1 saturated carbocycles. The highest BCUT2D eigenvalue weighted by molar-refractivity contribution is 6.42. The number of rotatable bonds is 5. The van der Waals surface area contributed by atoms with Gasteiger partial charge in [0.05, 0.1) is 15.0 Å². The van der Waals surface area contributed by atoms with Gasteiger partial charge in [-0.25, -0.2) is 0 Å². The molecule has 1 aliphatic rings. The molecule has 1 aromatic rings. The number of nitro groups is 1. The van der Waals surface area contributed by atoms with Crippen molar-refractivity contribution in [3.8, 4) is 0 Å². The second kappa shape index (κ2) is 5.43. The molecule has 1 aliphatic carbocycles. The normalized spacial score (nSPS) is 16.6. The van der Waals surface area contributed by atoms with E-state index in [9.17, 15) is 10.1 Å². The first kappa shape index (κ1) is 13.6. The fourth-order valence-corrected chi connectivity index (χ4v) is 2.50. The van der Waals surface area contributed by atoms with Gasteiger partial charge in [0.1, 0.15) is 0 Å². The second-order valence-electron chi connectivity index (χ2n) is 4.59. The van der Waals surface area contributed by atoms with Crippen molar-refractivity contribution in [1.29, 1.82) is 0 Å². The molecule has 0 heterocycles. The van der Waals surface area contributed by atoms with Crippen molar-refractivity contribution in [1.82, 2.24) is 5.32 Å². The maximum Gasteiger partial charge on any atom is 0.274 e. The zero-order valence-corrected chi connectivity index (χ0v) is 11.5. The van der Waals surface area contributed by atoms with Crippen molar-refractivity contribution in [3.63, 3.8) is 0 Å². The van der Waals surface area contributed by atoms with Crippen LogP contribution < -0.4 is 5.32 Å². The number of hydrogen-bond acceptors (Lipinski definition) is 3. The lowest BCUT2D eigenvalue weighted by Crippen LogP contribution is -2.29. The van der Waals surface area contributed by atoms with Gasteiger partial charge in [0.2, 0.25) is 0 Å². The van der Waals surface area contributed by atoms with Gasteiger partial charge in [0.15, 0.2) is 0 Å². The van der Waals surface area contributed by atoms with Crippen LogP contribution in [0.3, 0.4) is 0 Å². The topological polar surface area (TPSA) is 55.2 Å². The van der Waals surface area contributed by atoms with Gasteiger partial charge >= 0.3 is 0 Å². The second-order valence-corrected chi connectivity index (χ2v) is 5.40. The predicted molar refractivity (Wildman–Crippen MR) is 72.4 cm³/mol. The SMILES string of the molecule is CNC(Cc1cc(Cl)c(Cl)cc1[N+](=O)[O-])C1CC1. The summed E-state index contributed by atoms with van der Waals surface area (Å²) in [5, 5.41) is 14.8. The summed E-state index contributed by atoms with van der Waals surface area (Å²) in [5.74, 6) is 0.615. The molecule has 0 aromatic heterocycles. The lowest BCUT2D eigenvalue weighted by molar-refractivity contribution is -0.385. The van der Waals surface area contributed by atoms with Crippen LogP contribution in [0, 0.1) is 16.0 Å². The molecular weight excluding hydrogens is 275 g/mol. The van der Waals surface area contributed by atoms with Crippen LogP contribution in [0.15, 0.2) is 12.1 Å². The summed E-state index contributed by atoms with van der Waals surface area (Å²) >= 11 is 11.8. The van der Waals surface area contributed by atoms with E-state index in [2.05, 4.69) is 5.32 Å². The Bertz CT molecular complexity index is 475. The van der Waals surface area contributed by atoms with Crippen LogP contribution in [0.5, 0.6) is 0 Å². The van der Waals surface area contributed by atoms with E-state index in [1.807, 2.05) is 7.05 Å². The third-order valence-electron chi connectivity index (χ3n) is 3.32. The summed E-state index contributed by atoms with van der Waals surface area (Å²) in [6.07, 6.45) is 2.97. The lowest BCUT2D eigenvalue weighted by Gasteiger charge is -2.15. The van der Waals surface area contributed by atoms with E-state index in [4.69, 9.17) is 23.2 Å². The van der Waals surface area contributed by atoms with E-state index in [0.29, 0.717) is 22.9 Å². The minimum Gasteiger partial charge on any atom is -0.316 e. The van der Waals surface area contributed by atoms with E-state index in [1.54, 1.807) is 6.07 Å². The summed E-state index contributed by atoms with van der Waals surface area (Å²) in [6, 6.07) is 3.20. The van der Waals surface area contributed by atoms with Crippen LogP contribution in [0.4, 0.5) is 5.69 Å². The van der Waals surface area contributed by atoms with Gasteiger partial charge in [-0.3, -0.25) is 10.1 Å². The average molecular weight is 289 g/mol. The number of hydrogen-bond donors (Lipinski definition) is 1. The van der Waals surface area contributed by atoms with Gasteiger partial charge in [-0.2, -0.15) is 0 Å². The Balaban J connectivity index is 2.29. The molecule has 6 heteroatoms. The van der Waals surface area contributed by atoms with E-state index in [1.165, 1.54) is 18.9 Å². The highest BCUT2D eigenvalue weighted by atomic mass is 35.5. The Morgan fingerprint density at radius 1 is 1.44 bits per heavy atom. The van der Waals surface area contributed by atoms with Crippen molar-refractivity contribution < 1.29 is 4.92 Å². The van der Waals surface area contributed by atoms with E-state index < -0.39 is 4.92 Å². The highest BCUT2D eigenvalue weighted by Crippen LogP contribution is 2.37. The van der Waals surface area contributed by atoms with Crippen molar-refractivity contribution in [2.24, 2.45) is 5.92 Å². The van der Waals surface area contributed by atoms with Crippen LogP contribution >= 0.6 is 23.2 Å². The van der Waals surface area contributed by atoms with Gasteiger partial charge < -0.3 is 5.32 Å². The molecule has 0 radical (unpaired) electrons. The lowest BCUT2D eigenvalue weighted by atomic mass is 10.0. The van der Waals surface area contributed by atoms with Gasteiger partial charge in [0.25, 0.3) is 5.69 Å². The predicted octanol–water partition coefficient (Wildman–Crippen LogP) is 3.44.